The first-order valence-electron chi connectivity index (χ1n) is 7.49. The van der Waals surface area contributed by atoms with Crippen molar-refractivity contribution in [1.82, 2.24) is 10.2 Å². The monoisotopic (exact) mass is 273 g/mol. The van der Waals surface area contributed by atoms with Crippen molar-refractivity contribution < 1.29 is 0 Å². The van der Waals surface area contributed by atoms with Gasteiger partial charge in [-0.25, -0.2) is 0 Å². The van der Waals surface area contributed by atoms with Gasteiger partial charge < -0.3 is 4.90 Å². The summed E-state index contributed by atoms with van der Waals surface area (Å²) < 4.78 is 0. The Morgan fingerprint density at radius 1 is 1.25 bits per heavy atom. The predicted molar refractivity (Wildman–Crippen MR) is 84.4 cm³/mol. The topological polar surface area (TPSA) is 39.1 Å². The predicted octanol–water partition coefficient (Wildman–Crippen LogP) is 3.14. The molecule has 1 rings (SSSR count). The van der Waals surface area contributed by atoms with E-state index < -0.39 is 5.54 Å². The fourth-order valence-electron chi connectivity index (χ4n) is 2.54. The van der Waals surface area contributed by atoms with Gasteiger partial charge in [0.2, 0.25) is 0 Å². The molecular formula is C17H27N3. The van der Waals surface area contributed by atoms with Crippen molar-refractivity contribution in [3.05, 3.63) is 35.9 Å². The Hall–Kier alpha value is -1.37. The van der Waals surface area contributed by atoms with Crippen molar-refractivity contribution in [2.45, 2.75) is 45.2 Å². The summed E-state index contributed by atoms with van der Waals surface area (Å²) >= 11 is 0. The van der Waals surface area contributed by atoms with Crippen molar-refractivity contribution >= 4 is 0 Å². The number of nitrogens with one attached hydrogen (secondary N) is 1. The van der Waals surface area contributed by atoms with Gasteiger partial charge in [0.25, 0.3) is 0 Å². The van der Waals surface area contributed by atoms with Gasteiger partial charge in [-0.15, -0.1) is 0 Å². The van der Waals surface area contributed by atoms with Gasteiger partial charge in [0.15, 0.2) is 0 Å². The molecule has 110 valence electrons. The van der Waals surface area contributed by atoms with Gasteiger partial charge in [-0.05, 0) is 45.8 Å². The summed E-state index contributed by atoms with van der Waals surface area (Å²) in [6.45, 7) is 8.63. The molecule has 0 spiro atoms. The van der Waals surface area contributed by atoms with Crippen LogP contribution >= 0.6 is 0 Å². The Morgan fingerprint density at radius 2 is 1.90 bits per heavy atom. The number of hydrogen-bond donors (Lipinski definition) is 1. The van der Waals surface area contributed by atoms with Gasteiger partial charge in [-0.1, -0.05) is 37.3 Å². The second-order valence-corrected chi connectivity index (χ2v) is 5.51. The summed E-state index contributed by atoms with van der Waals surface area (Å²) in [4.78, 5) is 2.44. The van der Waals surface area contributed by atoms with E-state index in [1.165, 1.54) is 0 Å². The normalized spacial score (nSPS) is 14.2. The maximum atomic E-state index is 9.68. The molecule has 1 aromatic rings. The van der Waals surface area contributed by atoms with E-state index in [2.05, 4.69) is 37.1 Å². The lowest BCUT2D eigenvalue weighted by Crippen LogP contribution is -2.43. The van der Waals surface area contributed by atoms with Crippen molar-refractivity contribution in [2.24, 2.45) is 0 Å². The second kappa shape index (κ2) is 8.04. The summed E-state index contributed by atoms with van der Waals surface area (Å²) in [5.74, 6) is 0. The largest absolute Gasteiger partial charge is 0.301 e. The molecule has 0 amide bonds. The summed E-state index contributed by atoms with van der Waals surface area (Å²) in [6, 6.07) is 13.0. The average Bonchev–Trinajstić information content (AvgIpc) is 2.48. The van der Waals surface area contributed by atoms with Crippen LogP contribution in [0.4, 0.5) is 0 Å². The lowest BCUT2D eigenvalue weighted by Gasteiger charge is -2.32. The van der Waals surface area contributed by atoms with Crippen LogP contribution in [0.15, 0.2) is 30.3 Å². The van der Waals surface area contributed by atoms with Crippen LogP contribution in [0.1, 0.15) is 39.2 Å². The molecule has 0 heterocycles. The first-order valence-corrected chi connectivity index (χ1v) is 7.49. The standard InChI is InChI=1S/C17H27N3/c1-5-12-20(15(2)3)13-11-17(14-18,19-4)16-9-7-6-8-10-16/h6-10,15,19H,5,11-13H2,1-4H3. The van der Waals surface area contributed by atoms with Gasteiger partial charge in [0.1, 0.15) is 5.54 Å². The van der Waals surface area contributed by atoms with Gasteiger partial charge in [-0.2, -0.15) is 5.26 Å². The molecule has 0 saturated heterocycles. The number of nitriles is 1. The minimum absolute atomic E-state index is 0.513. The van der Waals surface area contributed by atoms with Gasteiger partial charge in [0.05, 0.1) is 6.07 Å². The van der Waals surface area contributed by atoms with Crippen molar-refractivity contribution in [2.75, 3.05) is 20.1 Å². The number of rotatable bonds is 8. The SMILES string of the molecule is CCCN(CCC(C#N)(NC)c1ccccc1)C(C)C. The van der Waals surface area contributed by atoms with E-state index in [-0.39, 0.29) is 0 Å². The maximum Gasteiger partial charge on any atom is 0.133 e. The molecule has 0 aliphatic rings. The third-order valence-corrected chi connectivity index (χ3v) is 3.90. The van der Waals surface area contributed by atoms with Crippen molar-refractivity contribution in [3.8, 4) is 6.07 Å². The molecule has 0 aliphatic carbocycles. The van der Waals surface area contributed by atoms with Crippen molar-refractivity contribution in [1.29, 1.82) is 5.26 Å². The molecule has 3 heteroatoms. The zero-order chi connectivity index (χ0) is 15.0. The minimum Gasteiger partial charge on any atom is -0.301 e. The van der Waals surface area contributed by atoms with E-state index in [4.69, 9.17) is 0 Å². The summed E-state index contributed by atoms with van der Waals surface area (Å²) in [6.07, 6.45) is 1.94. The van der Waals surface area contributed by atoms with Gasteiger partial charge in [-0.3, -0.25) is 5.32 Å². The molecule has 1 aromatic carbocycles. The molecule has 0 radical (unpaired) electrons. The highest BCUT2D eigenvalue weighted by Gasteiger charge is 2.30. The molecule has 20 heavy (non-hydrogen) atoms. The molecule has 1 unspecified atom stereocenters. The molecular weight excluding hydrogens is 246 g/mol. The molecule has 0 aliphatic heterocycles. The molecule has 0 bridgehead atoms. The molecule has 1 N–H and O–H groups in total. The third kappa shape index (κ3) is 4.06. The molecule has 1 atom stereocenters. The highest BCUT2D eigenvalue weighted by atomic mass is 15.1. The lowest BCUT2D eigenvalue weighted by atomic mass is 9.88. The Balaban J connectivity index is 2.85. The Bertz CT molecular complexity index is 422. The van der Waals surface area contributed by atoms with Crippen LogP contribution in [0, 0.1) is 11.3 Å². The fourth-order valence-corrected chi connectivity index (χ4v) is 2.54. The first-order chi connectivity index (χ1) is 9.59. The van der Waals surface area contributed by atoms with Gasteiger partial charge >= 0.3 is 0 Å². The van der Waals surface area contributed by atoms with Crippen LogP contribution < -0.4 is 5.32 Å². The minimum atomic E-state index is -0.595. The van der Waals surface area contributed by atoms with Gasteiger partial charge in [0, 0.05) is 12.6 Å². The maximum absolute atomic E-state index is 9.68. The van der Waals surface area contributed by atoms with Crippen LogP contribution in [0.2, 0.25) is 0 Å². The van der Waals surface area contributed by atoms with Crippen LogP contribution in [0.5, 0.6) is 0 Å². The molecule has 3 nitrogen and oxygen atoms in total. The van der Waals surface area contributed by atoms with Crippen LogP contribution in [-0.2, 0) is 5.54 Å². The zero-order valence-corrected chi connectivity index (χ0v) is 13.2. The quantitative estimate of drug-likeness (QED) is 0.791. The van der Waals surface area contributed by atoms with E-state index in [0.717, 1.165) is 31.5 Å². The summed E-state index contributed by atoms with van der Waals surface area (Å²) in [7, 11) is 1.87. The van der Waals surface area contributed by atoms with Crippen LogP contribution in [0.3, 0.4) is 0 Å². The Kier molecular flexibility index (Phi) is 6.70. The van der Waals surface area contributed by atoms with E-state index in [1.54, 1.807) is 0 Å². The molecule has 0 fully saturated rings. The van der Waals surface area contributed by atoms with E-state index in [9.17, 15) is 5.26 Å². The molecule has 0 saturated carbocycles. The third-order valence-electron chi connectivity index (χ3n) is 3.90. The van der Waals surface area contributed by atoms with E-state index >= 15 is 0 Å². The smallest absolute Gasteiger partial charge is 0.133 e. The van der Waals surface area contributed by atoms with Crippen LogP contribution in [0.25, 0.3) is 0 Å². The average molecular weight is 273 g/mol. The number of hydrogen-bond acceptors (Lipinski definition) is 3. The highest BCUT2D eigenvalue weighted by molar-refractivity contribution is 5.31. The molecule has 0 aromatic heterocycles. The lowest BCUT2D eigenvalue weighted by molar-refractivity contribution is 0.200. The number of nitrogens with zero attached hydrogens (tertiary/aromatic N) is 2. The Labute approximate surface area is 123 Å². The van der Waals surface area contributed by atoms with E-state index in [1.807, 2.05) is 37.4 Å². The Morgan fingerprint density at radius 3 is 2.35 bits per heavy atom. The van der Waals surface area contributed by atoms with Crippen LogP contribution in [-0.4, -0.2) is 31.1 Å². The summed E-state index contributed by atoms with van der Waals surface area (Å²) in [5, 5.41) is 12.9. The first kappa shape index (κ1) is 16.7. The fraction of sp³-hybridized carbons (Fsp3) is 0.588. The summed E-state index contributed by atoms with van der Waals surface area (Å²) in [5.41, 5.74) is 0.451. The second-order valence-electron chi connectivity index (χ2n) is 5.51. The van der Waals surface area contributed by atoms with Crippen molar-refractivity contribution in [3.63, 3.8) is 0 Å². The zero-order valence-electron chi connectivity index (χ0n) is 13.2. The van der Waals surface area contributed by atoms with E-state index in [0.29, 0.717) is 6.04 Å². The number of benzene rings is 1. The highest BCUT2D eigenvalue weighted by Crippen LogP contribution is 2.24.